The predicted molar refractivity (Wildman–Crippen MR) is 107 cm³/mol. The van der Waals surface area contributed by atoms with Crippen LogP contribution in [0.5, 0.6) is 0 Å². The van der Waals surface area contributed by atoms with Gasteiger partial charge in [0.15, 0.2) is 0 Å². The Kier molecular flexibility index (Phi) is 3.79. The van der Waals surface area contributed by atoms with Crippen LogP contribution in [0.4, 0.5) is 5.69 Å². The van der Waals surface area contributed by atoms with Crippen molar-refractivity contribution in [2.75, 3.05) is 11.4 Å². The molecule has 5 nitrogen and oxygen atoms in total. The van der Waals surface area contributed by atoms with Crippen LogP contribution < -0.4 is 4.90 Å². The van der Waals surface area contributed by atoms with Crippen LogP contribution in [0.3, 0.4) is 0 Å². The lowest BCUT2D eigenvalue weighted by molar-refractivity contribution is -0.114. The van der Waals surface area contributed by atoms with Crippen molar-refractivity contribution in [3.8, 4) is 11.1 Å². The van der Waals surface area contributed by atoms with E-state index >= 15 is 0 Å². The molecule has 0 saturated heterocycles. The lowest BCUT2D eigenvalue weighted by Crippen LogP contribution is -2.36. The van der Waals surface area contributed by atoms with E-state index in [0.29, 0.717) is 17.8 Å². The topological polar surface area (TPSA) is 54.7 Å². The number of carbonyl (C=O) groups is 2. The van der Waals surface area contributed by atoms with Gasteiger partial charge in [-0.15, -0.1) is 0 Å². The molecule has 0 unspecified atom stereocenters. The second kappa shape index (κ2) is 6.46. The van der Waals surface area contributed by atoms with Crippen LogP contribution in [-0.4, -0.2) is 27.6 Å². The molecule has 0 N–H and O–H groups in total. The highest BCUT2D eigenvalue weighted by molar-refractivity contribution is 6.48. The van der Waals surface area contributed by atoms with Gasteiger partial charge in [0.1, 0.15) is 5.69 Å². The van der Waals surface area contributed by atoms with Gasteiger partial charge in [0.2, 0.25) is 0 Å². The fourth-order valence-electron chi connectivity index (χ4n) is 3.87. The Balaban J connectivity index is 1.63. The number of aromatic nitrogens is 2. The molecule has 3 aromatic heterocycles. The number of benzene rings is 1. The van der Waals surface area contributed by atoms with Gasteiger partial charge in [0.25, 0.3) is 5.78 Å². The third kappa shape index (κ3) is 2.52. The van der Waals surface area contributed by atoms with E-state index in [1.807, 2.05) is 66.9 Å². The van der Waals surface area contributed by atoms with Crippen LogP contribution in [0.25, 0.3) is 16.6 Å². The molecule has 1 aromatic carbocycles. The highest BCUT2D eigenvalue weighted by Gasteiger charge is 2.32. The lowest BCUT2D eigenvalue weighted by atomic mass is 10.1. The number of anilines is 1. The number of ketones is 1. The van der Waals surface area contributed by atoms with Crippen molar-refractivity contribution in [2.24, 2.45) is 0 Å². The fraction of sp³-hybridized carbons (Fsp3) is 0.0870. The number of fused-ring (bicyclic) bond motifs is 2. The van der Waals surface area contributed by atoms with E-state index < -0.39 is 11.7 Å². The molecule has 4 aromatic rings. The zero-order valence-electron chi connectivity index (χ0n) is 15.1. The van der Waals surface area contributed by atoms with Gasteiger partial charge in [-0.1, -0.05) is 30.3 Å². The van der Waals surface area contributed by atoms with Gasteiger partial charge in [0, 0.05) is 47.5 Å². The first-order chi connectivity index (χ1) is 13.7. The van der Waals surface area contributed by atoms with Crippen molar-refractivity contribution in [1.82, 2.24) is 9.38 Å². The molecule has 1 aliphatic rings. The molecule has 1 aliphatic heterocycles. The number of para-hydroxylation sites is 1. The van der Waals surface area contributed by atoms with E-state index in [2.05, 4.69) is 4.98 Å². The zero-order valence-corrected chi connectivity index (χ0v) is 15.1. The minimum atomic E-state index is -0.512. The standard InChI is InChI=1S/C23H17N3O2/c27-22(23(28)26-13-10-16-6-1-2-9-20(16)26)21-19(17-7-5-11-24-15-17)14-18-8-3-4-12-25(18)21/h1-9,11-12,14-15H,10,13H2. The van der Waals surface area contributed by atoms with E-state index in [9.17, 15) is 9.59 Å². The maximum absolute atomic E-state index is 13.4. The smallest absolute Gasteiger partial charge is 0.301 e. The molecule has 0 radical (unpaired) electrons. The van der Waals surface area contributed by atoms with Gasteiger partial charge in [0.05, 0.1) is 0 Å². The lowest BCUT2D eigenvalue weighted by Gasteiger charge is -2.17. The number of carbonyl (C=O) groups excluding carboxylic acids is 2. The monoisotopic (exact) mass is 367 g/mol. The number of nitrogens with zero attached hydrogens (tertiary/aromatic N) is 3. The summed E-state index contributed by atoms with van der Waals surface area (Å²) in [6.45, 7) is 0.523. The molecule has 5 rings (SSSR count). The molecule has 5 heteroatoms. The SMILES string of the molecule is O=C(C(=O)N1CCc2ccccc21)c1c(-c2cccnc2)cc2ccccn12. The summed E-state index contributed by atoms with van der Waals surface area (Å²) in [6, 6.07) is 19.1. The van der Waals surface area contributed by atoms with Crippen molar-refractivity contribution in [2.45, 2.75) is 6.42 Å². The third-order valence-electron chi connectivity index (χ3n) is 5.19. The van der Waals surface area contributed by atoms with Crippen molar-refractivity contribution in [3.05, 3.63) is 90.5 Å². The summed E-state index contributed by atoms with van der Waals surface area (Å²) in [6.07, 6.45) is 5.97. The molecule has 4 heterocycles. The quantitative estimate of drug-likeness (QED) is 0.409. The summed E-state index contributed by atoms with van der Waals surface area (Å²) >= 11 is 0. The number of hydrogen-bond acceptors (Lipinski definition) is 3. The first-order valence-corrected chi connectivity index (χ1v) is 9.18. The Morgan fingerprint density at radius 2 is 1.82 bits per heavy atom. The van der Waals surface area contributed by atoms with Crippen molar-refractivity contribution < 1.29 is 9.59 Å². The second-order valence-electron chi connectivity index (χ2n) is 6.81. The number of Topliss-reactive ketones (excluding diaryl/α,β-unsaturated/α-hetero) is 1. The normalized spacial score (nSPS) is 12.9. The van der Waals surface area contributed by atoms with Gasteiger partial charge in [-0.25, -0.2) is 0 Å². The number of amides is 1. The molecule has 0 aliphatic carbocycles. The molecular weight excluding hydrogens is 350 g/mol. The Morgan fingerprint density at radius 3 is 2.68 bits per heavy atom. The van der Waals surface area contributed by atoms with Gasteiger partial charge in [-0.3, -0.25) is 14.6 Å². The van der Waals surface area contributed by atoms with Crippen molar-refractivity contribution in [3.63, 3.8) is 0 Å². The summed E-state index contributed by atoms with van der Waals surface area (Å²) < 4.78 is 1.78. The molecule has 0 spiro atoms. The fourth-order valence-corrected chi connectivity index (χ4v) is 3.87. The highest BCUT2D eigenvalue weighted by atomic mass is 16.2. The Labute approximate surface area is 161 Å². The number of pyridine rings is 2. The van der Waals surface area contributed by atoms with Gasteiger partial charge < -0.3 is 9.30 Å². The minimum Gasteiger partial charge on any atom is -0.313 e. The molecule has 0 atom stereocenters. The summed E-state index contributed by atoms with van der Waals surface area (Å²) in [4.78, 5) is 32.3. The van der Waals surface area contributed by atoms with Crippen LogP contribution in [0.1, 0.15) is 16.1 Å². The first-order valence-electron chi connectivity index (χ1n) is 9.18. The number of hydrogen-bond donors (Lipinski definition) is 0. The average molecular weight is 367 g/mol. The summed E-state index contributed by atoms with van der Waals surface area (Å²) in [7, 11) is 0. The summed E-state index contributed by atoms with van der Waals surface area (Å²) in [5, 5.41) is 0. The maximum atomic E-state index is 13.4. The molecule has 28 heavy (non-hydrogen) atoms. The molecule has 0 fully saturated rings. The van der Waals surface area contributed by atoms with E-state index in [-0.39, 0.29) is 0 Å². The minimum absolute atomic E-state index is 0.373. The molecular formula is C23H17N3O2. The maximum Gasteiger partial charge on any atom is 0.301 e. The van der Waals surface area contributed by atoms with Gasteiger partial charge in [-0.05, 0) is 42.3 Å². The van der Waals surface area contributed by atoms with Gasteiger partial charge >= 0.3 is 5.91 Å². The largest absolute Gasteiger partial charge is 0.313 e. The van der Waals surface area contributed by atoms with Crippen LogP contribution >= 0.6 is 0 Å². The van der Waals surface area contributed by atoms with E-state index in [1.54, 1.807) is 21.7 Å². The molecule has 1 amide bonds. The average Bonchev–Trinajstić information content (AvgIpc) is 3.35. The Morgan fingerprint density at radius 1 is 0.964 bits per heavy atom. The van der Waals surface area contributed by atoms with Crippen LogP contribution in [-0.2, 0) is 11.2 Å². The first kappa shape index (κ1) is 16.4. The highest BCUT2D eigenvalue weighted by Crippen LogP contribution is 2.31. The molecule has 0 saturated carbocycles. The van der Waals surface area contributed by atoms with Crippen LogP contribution in [0.2, 0.25) is 0 Å². The zero-order chi connectivity index (χ0) is 19.1. The van der Waals surface area contributed by atoms with E-state index in [4.69, 9.17) is 0 Å². The molecule has 136 valence electrons. The van der Waals surface area contributed by atoms with Crippen LogP contribution in [0.15, 0.2) is 79.3 Å². The van der Waals surface area contributed by atoms with E-state index in [0.717, 1.165) is 28.8 Å². The summed E-state index contributed by atoms with van der Waals surface area (Å²) in [5.74, 6) is -1.01. The third-order valence-corrected chi connectivity index (χ3v) is 5.19. The molecule has 0 bridgehead atoms. The predicted octanol–water partition coefficient (Wildman–Crippen LogP) is 3.77. The van der Waals surface area contributed by atoms with Crippen molar-refractivity contribution >= 4 is 22.9 Å². The van der Waals surface area contributed by atoms with E-state index in [1.165, 1.54) is 0 Å². The number of rotatable bonds is 3. The second-order valence-corrected chi connectivity index (χ2v) is 6.81. The van der Waals surface area contributed by atoms with Crippen LogP contribution in [0, 0.1) is 0 Å². The Hall–Kier alpha value is -3.73. The summed E-state index contributed by atoms with van der Waals surface area (Å²) in [5.41, 5.74) is 4.67. The van der Waals surface area contributed by atoms with Gasteiger partial charge in [-0.2, -0.15) is 0 Å². The Bertz CT molecular complexity index is 1210. The van der Waals surface area contributed by atoms with Crippen molar-refractivity contribution in [1.29, 1.82) is 0 Å².